The number of hydrogen-bond acceptors (Lipinski definition) is 2. The summed E-state index contributed by atoms with van der Waals surface area (Å²) < 4.78 is -0.395. The van der Waals surface area contributed by atoms with Crippen LogP contribution in [-0.2, 0) is 4.79 Å². The zero-order chi connectivity index (χ0) is 7.78. The minimum Gasteiger partial charge on any atom is -0.480 e. The molecule has 0 bridgehead atoms. The van der Waals surface area contributed by atoms with Crippen molar-refractivity contribution in [2.45, 2.75) is 36.7 Å². The van der Waals surface area contributed by atoms with E-state index in [0.717, 1.165) is 12.8 Å². The summed E-state index contributed by atoms with van der Waals surface area (Å²) in [6.07, 6.45) is 1.70. The quantitative estimate of drug-likeness (QED) is 0.683. The zero-order valence-electron chi connectivity index (χ0n) is 6.26. The van der Waals surface area contributed by atoms with E-state index >= 15 is 0 Å². The summed E-state index contributed by atoms with van der Waals surface area (Å²) in [4.78, 5) is 10.6. The van der Waals surface area contributed by atoms with Crippen LogP contribution in [0.1, 0.15) is 26.7 Å². The van der Waals surface area contributed by atoms with Gasteiger partial charge in [-0.2, -0.15) is 0 Å². The van der Waals surface area contributed by atoms with Crippen LogP contribution < -0.4 is 0 Å². The third kappa shape index (κ3) is 1.45. The molecule has 10 heavy (non-hydrogen) atoms. The van der Waals surface area contributed by atoms with Crippen LogP contribution in [-0.4, -0.2) is 21.1 Å². The van der Waals surface area contributed by atoms with Crippen LogP contribution in [0.2, 0.25) is 0 Å². The van der Waals surface area contributed by atoms with Crippen LogP contribution in [0.4, 0.5) is 0 Å². The van der Waals surface area contributed by atoms with Crippen LogP contribution in [0, 0.1) is 0 Å². The predicted molar refractivity (Wildman–Crippen MR) is 42.3 cm³/mol. The molecule has 0 radical (unpaired) electrons. The molecular weight excluding hydrogens is 148 g/mol. The van der Waals surface area contributed by atoms with E-state index in [-0.39, 0.29) is 0 Å². The fourth-order valence-electron chi connectivity index (χ4n) is 0.947. The molecule has 3 heteroatoms. The first-order chi connectivity index (χ1) is 4.57. The van der Waals surface area contributed by atoms with Crippen LogP contribution in [0.3, 0.4) is 0 Å². The SMILES string of the molecule is CC(C)SC1(C(=O)O)CC1. The van der Waals surface area contributed by atoms with E-state index in [1.807, 2.05) is 13.8 Å². The number of carboxylic acid groups (broad SMARTS) is 1. The van der Waals surface area contributed by atoms with E-state index in [2.05, 4.69) is 0 Å². The lowest BCUT2D eigenvalue weighted by atomic mass is 10.4. The Kier molecular flexibility index (Phi) is 1.95. The molecule has 0 aromatic heterocycles. The van der Waals surface area contributed by atoms with Gasteiger partial charge in [0, 0.05) is 5.25 Å². The molecule has 1 rings (SSSR count). The molecule has 0 spiro atoms. The van der Waals surface area contributed by atoms with Gasteiger partial charge in [0.15, 0.2) is 0 Å². The lowest BCUT2D eigenvalue weighted by molar-refractivity contribution is -0.137. The highest BCUT2D eigenvalue weighted by molar-refractivity contribution is 8.02. The first-order valence-corrected chi connectivity index (χ1v) is 4.36. The predicted octanol–water partition coefficient (Wildman–Crippen LogP) is 1.75. The molecule has 1 aliphatic rings. The summed E-state index contributed by atoms with van der Waals surface area (Å²) in [5.41, 5.74) is 0. The zero-order valence-corrected chi connectivity index (χ0v) is 7.07. The second-order valence-corrected chi connectivity index (χ2v) is 4.93. The molecule has 58 valence electrons. The molecule has 0 aromatic rings. The van der Waals surface area contributed by atoms with Crippen LogP contribution in [0.25, 0.3) is 0 Å². The second kappa shape index (κ2) is 2.46. The minimum absolute atomic E-state index is 0.395. The third-order valence-corrected chi connectivity index (χ3v) is 3.06. The molecule has 0 saturated heterocycles. The summed E-state index contributed by atoms with van der Waals surface area (Å²) >= 11 is 1.58. The van der Waals surface area contributed by atoms with Gasteiger partial charge in [-0.15, -0.1) is 11.8 Å². The van der Waals surface area contributed by atoms with E-state index in [1.165, 1.54) is 0 Å². The number of rotatable bonds is 3. The molecule has 1 fully saturated rings. The number of aliphatic carboxylic acids is 1. The Morgan fingerprint density at radius 1 is 1.60 bits per heavy atom. The van der Waals surface area contributed by atoms with Gasteiger partial charge in [0.2, 0.25) is 0 Å². The molecule has 0 amide bonds. The summed E-state index contributed by atoms with van der Waals surface area (Å²) in [6.45, 7) is 4.07. The standard InChI is InChI=1S/C7H12O2S/c1-5(2)10-7(3-4-7)6(8)9/h5H,3-4H2,1-2H3,(H,8,9). The van der Waals surface area contributed by atoms with Crippen molar-refractivity contribution in [3.8, 4) is 0 Å². The second-order valence-electron chi connectivity index (χ2n) is 2.97. The molecule has 1 N–H and O–H groups in total. The summed E-state index contributed by atoms with van der Waals surface area (Å²) in [6, 6.07) is 0. The van der Waals surface area contributed by atoms with Crippen LogP contribution in [0.15, 0.2) is 0 Å². The largest absolute Gasteiger partial charge is 0.480 e. The summed E-state index contributed by atoms with van der Waals surface area (Å²) in [5.74, 6) is -0.633. The van der Waals surface area contributed by atoms with Gasteiger partial charge >= 0.3 is 5.97 Å². The Hall–Kier alpha value is -0.180. The van der Waals surface area contributed by atoms with E-state index in [0.29, 0.717) is 5.25 Å². The highest BCUT2D eigenvalue weighted by atomic mass is 32.2. The van der Waals surface area contributed by atoms with Gasteiger partial charge in [-0.1, -0.05) is 13.8 Å². The maximum atomic E-state index is 10.6. The Balaban J connectivity index is 2.45. The van der Waals surface area contributed by atoms with Crippen LogP contribution >= 0.6 is 11.8 Å². The normalized spacial score (nSPS) is 21.1. The van der Waals surface area contributed by atoms with Crippen molar-refractivity contribution in [3.05, 3.63) is 0 Å². The Labute approximate surface area is 65.0 Å². The average molecular weight is 160 g/mol. The van der Waals surface area contributed by atoms with E-state index < -0.39 is 10.7 Å². The van der Waals surface area contributed by atoms with Crippen molar-refractivity contribution in [2.75, 3.05) is 0 Å². The lowest BCUT2D eigenvalue weighted by Crippen LogP contribution is -2.19. The van der Waals surface area contributed by atoms with Gasteiger partial charge in [0.25, 0.3) is 0 Å². The number of carboxylic acids is 1. The van der Waals surface area contributed by atoms with E-state index in [4.69, 9.17) is 5.11 Å². The molecule has 1 saturated carbocycles. The average Bonchev–Trinajstić information content (AvgIpc) is 2.46. The van der Waals surface area contributed by atoms with Crippen molar-refractivity contribution >= 4 is 17.7 Å². The number of carbonyl (C=O) groups is 1. The van der Waals surface area contributed by atoms with Crippen molar-refractivity contribution in [3.63, 3.8) is 0 Å². The maximum Gasteiger partial charge on any atom is 0.319 e. The Morgan fingerprint density at radius 3 is 2.20 bits per heavy atom. The summed E-state index contributed by atoms with van der Waals surface area (Å²) in [7, 11) is 0. The Bertz CT molecular complexity index is 150. The van der Waals surface area contributed by atoms with Crippen molar-refractivity contribution in [1.29, 1.82) is 0 Å². The molecular formula is C7H12O2S. The monoisotopic (exact) mass is 160 g/mol. The fraction of sp³-hybridized carbons (Fsp3) is 0.857. The summed E-state index contributed by atoms with van der Waals surface area (Å²) in [5, 5.41) is 9.16. The smallest absolute Gasteiger partial charge is 0.319 e. The molecule has 1 aliphatic carbocycles. The van der Waals surface area contributed by atoms with Gasteiger partial charge in [0.05, 0.1) is 0 Å². The third-order valence-electron chi connectivity index (χ3n) is 1.56. The van der Waals surface area contributed by atoms with Gasteiger partial charge in [-0.05, 0) is 12.8 Å². The molecule has 0 unspecified atom stereocenters. The fourth-order valence-corrected chi connectivity index (χ4v) is 2.29. The Morgan fingerprint density at radius 2 is 2.10 bits per heavy atom. The maximum absolute atomic E-state index is 10.6. The molecule has 0 aromatic carbocycles. The van der Waals surface area contributed by atoms with Gasteiger partial charge in [-0.3, -0.25) is 4.79 Å². The van der Waals surface area contributed by atoms with Crippen molar-refractivity contribution < 1.29 is 9.90 Å². The number of hydrogen-bond donors (Lipinski definition) is 1. The number of thioether (sulfide) groups is 1. The van der Waals surface area contributed by atoms with Crippen molar-refractivity contribution in [2.24, 2.45) is 0 Å². The molecule has 0 atom stereocenters. The van der Waals surface area contributed by atoms with Crippen molar-refractivity contribution in [1.82, 2.24) is 0 Å². The molecule has 0 heterocycles. The lowest BCUT2D eigenvalue weighted by Gasteiger charge is -2.11. The molecule has 0 aliphatic heterocycles. The van der Waals surface area contributed by atoms with E-state index in [1.54, 1.807) is 11.8 Å². The van der Waals surface area contributed by atoms with Gasteiger partial charge in [0.1, 0.15) is 4.75 Å². The topological polar surface area (TPSA) is 37.3 Å². The highest BCUT2D eigenvalue weighted by Gasteiger charge is 2.51. The van der Waals surface area contributed by atoms with Gasteiger partial charge in [-0.25, -0.2) is 0 Å². The first kappa shape index (κ1) is 7.92. The first-order valence-electron chi connectivity index (χ1n) is 3.48. The highest BCUT2D eigenvalue weighted by Crippen LogP contribution is 2.50. The minimum atomic E-state index is -0.633. The van der Waals surface area contributed by atoms with Gasteiger partial charge < -0.3 is 5.11 Å². The molecule has 2 nitrogen and oxygen atoms in total. The van der Waals surface area contributed by atoms with E-state index in [9.17, 15) is 4.79 Å². The van der Waals surface area contributed by atoms with Crippen LogP contribution in [0.5, 0.6) is 0 Å².